The summed E-state index contributed by atoms with van der Waals surface area (Å²) in [6, 6.07) is 16.4. The Labute approximate surface area is 208 Å². The van der Waals surface area contributed by atoms with Gasteiger partial charge in [-0.2, -0.15) is 0 Å². The summed E-state index contributed by atoms with van der Waals surface area (Å²) in [5.74, 6) is 1.42. The fraction of sp³-hybridized carbons (Fsp3) is 0.417. The monoisotopic (exact) mass is 551 g/mol. The van der Waals surface area contributed by atoms with Gasteiger partial charge in [-0.15, -0.1) is 24.0 Å². The zero-order valence-corrected chi connectivity index (χ0v) is 21.4. The molecule has 1 heterocycles. The first kappa shape index (κ1) is 25.8. The van der Waals surface area contributed by atoms with Gasteiger partial charge in [0, 0.05) is 50.0 Å². The van der Waals surface area contributed by atoms with Gasteiger partial charge in [-0.05, 0) is 44.5 Å². The zero-order valence-electron chi connectivity index (χ0n) is 19.1. The Morgan fingerprint density at radius 1 is 1.22 bits per heavy atom. The number of rotatable bonds is 8. The molecule has 1 fully saturated rings. The van der Waals surface area contributed by atoms with E-state index in [1.165, 1.54) is 18.2 Å². The van der Waals surface area contributed by atoms with Crippen molar-refractivity contribution in [3.63, 3.8) is 0 Å². The van der Waals surface area contributed by atoms with E-state index in [0.29, 0.717) is 24.9 Å². The first-order valence-electron chi connectivity index (χ1n) is 10.9. The van der Waals surface area contributed by atoms with E-state index in [9.17, 15) is 4.79 Å². The summed E-state index contributed by atoms with van der Waals surface area (Å²) in [6.45, 7) is 9.46. The molecule has 1 atom stereocenters. The Bertz CT molecular complexity index is 888. The van der Waals surface area contributed by atoms with Crippen molar-refractivity contribution < 1.29 is 9.53 Å². The number of halogens is 1. The normalized spacial score (nSPS) is 15.7. The lowest BCUT2D eigenvalue weighted by Crippen LogP contribution is -2.44. The fourth-order valence-electron chi connectivity index (χ4n) is 3.57. The van der Waals surface area contributed by atoms with E-state index in [-0.39, 0.29) is 29.9 Å². The largest absolute Gasteiger partial charge is 0.492 e. The molecule has 3 rings (SSSR count). The van der Waals surface area contributed by atoms with Crippen LogP contribution in [0.25, 0.3) is 0 Å². The minimum Gasteiger partial charge on any atom is -0.492 e. The quantitative estimate of drug-likeness (QED) is 0.202. The maximum Gasteiger partial charge on any atom is 0.221 e. The third kappa shape index (κ3) is 8.22. The maximum absolute atomic E-state index is 11.2. The van der Waals surface area contributed by atoms with Gasteiger partial charge in [0.25, 0.3) is 0 Å². The first-order valence-corrected chi connectivity index (χ1v) is 10.9. The number of guanidine groups is 1. The van der Waals surface area contributed by atoms with E-state index in [1.54, 1.807) is 0 Å². The summed E-state index contributed by atoms with van der Waals surface area (Å²) < 4.78 is 5.79. The Morgan fingerprint density at radius 2 is 2.00 bits per heavy atom. The fourth-order valence-corrected chi connectivity index (χ4v) is 3.57. The van der Waals surface area contributed by atoms with Gasteiger partial charge >= 0.3 is 0 Å². The van der Waals surface area contributed by atoms with Crippen LogP contribution in [0, 0.1) is 6.92 Å². The molecule has 0 bridgehead atoms. The van der Waals surface area contributed by atoms with E-state index in [2.05, 4.69) is 64.0 Å². The number of hydrogen-bond acceptors (Lipinski definition) is 4. The van der Waals surface area contributed by atoms with Crippen molar-refractivity contribution >= 4 is 47.2 Å². The molecule has 8 heteroatoms. The molecule has 1 aliphatic heterocycles. The van der Waals surface area contributed by atoms with Crippen LogP contribution in [0.5, 0.6) is 5.75 Å². The number of anilines is 2. The molecular formula is C24H34IN5O2. The Kier molecular flexibility index (Phi) is 10.6. The number of nitrogens with one attached hydrogen (secondary N) is 3. The number of carbonyl (C=O) groups is 1. The van der Waals surface area contributed by atoms with E-state index in [4.69, 9.17) is 4.74 Å². The highest BCUT2D eigenvalue weighted by Crippen LogP contribution is 2.21. The van der Waals surface area contributed by atoms with Gasteiger partial charge < -0.3 is 25.6 Å². The predicted molar refractivity (Wildman–Crippen MR) is 143 cm³/mol. The molecule has 0 spiro atoms. The van der Waals surface area contributed by atoms with Crippen molar-refractivity contribution in [3.8, 4) is 5.75 Å². The number of aryl methyl sites for hydroxylation is 1. The number of amides is 1. The van der Waals surface area contributed by atoms with Gasteiger partial charge in [0.05, 0.1) is 6.54 Å². The average Bonchev–Trinajstić information content (AvgIpc) is 3.20. The van der Waals surface area contributed by atoms with E-state index < -0.39 is 0 Å². The van der Waals surface area contributed by atoms with Crippen molar-refractivity contribution in [3.05, 3.63) is 54.1 Å². The van der Waals surface area contributed by atoms with Crippen LogP contribution in [-0.2, 0) is 4.79 Å². The minimum atomic E-state index is -0.101. The van der Waals surface area contributed by atoms with Gasteiger partial charge in [-0.1, -0.05) is 23.8 Å². The van der Waals surface area contributed by atoms with Crippen LogP contribution in [0.1, 0.15) is 25.8 Å². The van der Waals surface area contributed by atoms with Crippen LogP contribution < -0.4 is 25.6 Å². The van der Waals surface area contributed by atoms with Crippen molar-refractivity contribution in [1.29, 1.82) is 0 Å². The number of nitrogens with zero attached hydrogens (tertiary/aromatic N) is 2. The Hall–Kier alpha value is -2.49. The lowest BCUT2D eigenvalue weighted by Gasteiger charge is -2.20. The molecule has 0 aliphatic carbocycles. The van der Waals surface area contributed by atoms with Gasteiger partial charge in [0.2, 0.25) is 5.91 Å². The van der Waals surface area contributed by atoms with E-state index >= 15 is 0 Å². The van der Waals surface area contributed by atoms with E-state index in [1.807, 2.05) is 24.3 Å². The van der Waals surface area contributed by atoms with Crippen LogP contribution in [-0.4, -0.2) is 50.7 Å². The summed E-state index contributed by atoms with van der Waals surface area (Å²) in [7, 11) is 0. The second kappa shape index (κ2) is 13.1. The third-order valence-electron chi connectivity index (χ3n) is 5.06. The van der Waals surface area contributed by atoms with Gasteiger partial charge in [-0.3, -0.25) is 4.79 Å². The smallest absolute Gasteiger partial charge is 0.221 e. The maximum atomic E-state index is 11.2. The lowest BCUT2D eigenvalue weighted by molar-refractivity contribution is -0.114. The molecule has 0 saturated carbocycles. The first-order chi connectivity index (χ1) is 15.0. The number of aliphatic imine (C=N–C) groups is 1. The molecule has 32 heavy (non-hydrogen) atoms. The molecule has 1 aliphatic rings. The summed E-state index contributed by atoms with van der Waals surface area (Å²) in [5, 5.41) is 9.63. The highest BCUT2D eigenvalue weighted by atomic mass is 127. The van der Waals surface area contributed by atoms with Crippen molar-refractivity contribution in [2.75, 3.05) is 43.0 Å². The molecule has 0 radical (unpaired) electrons. The van der Waals surface area contributed by atoms with Crippen molar-refractivity contribution in [1.82, 2.24) is 10.6 Å². The number of carbonyl (C=O) groups excluding carboxylic acids is 1. The zero-order chi connectivity index (χ0) is 22.1. The number of benzene rings is 2. The summed E-state index contributed by atoms with van der Waals surface area (Å²) in [6.07, 6.45) is 1.07. The molecule has 3 N–H and O–H groups in total. The molecule has 1 unspecified atom stereocenters. The Balaban J connectivity index is 0.00000363. The van der Waals surface area contributed by atoms with Crippen LogP contribution in [0.4, 0.5) is 11.4 Å². The summed E-state index contributed by atoms with van der Waals surface area (Å²) >= 11 is 0. The molecule has 2 aromatic carbocycles. The topological polar surface area (TPSA) is 78.0 Å². The van der Waals surface area contributed by atoms with Crippen LogP contribution in [0.2, 0.25) is 0 Å². The highest BCUT2D eigenvalue weighted by molar-refractivity contribution is 14.0. The third-order valence-corrected chi connectivity index (χ3v) is 5.06. The van der Waals surface area contributed by atoms with Gasteiger partial charge in [0.1, 0.15) is 12.4 Å². The second-order valence-electron chi connectivity index (χ2n) is 7.73. The summed E-state index contributed by atoms with van der Waals surface area (Å²) in [5.41, 5.74) is 3.28. The van der Waals surface area contributed by atoms with Gasteiger partial charge in [0.15, 0.2) is 5.96 Å². The standard InChI is InChI=1S/C24H33N5O2.HI/c1-4-25-24(26-13-15-31-23-7-5-6-20(16-23)27-19(3)30)28-21-12-14-29(17-21)22-10-8-18(2)9-11-22;/h5-11,16,21H,4,12-15,17H2,1-3H3,(H,27,30)(H2,25,26,28);1H. The van der Waals surface area contributed by atoms with Crippen molar-refractivity contribution in [2.45, 2.75) is 33.2 Å². The molecule has 2 aromatic rings. The molecule has 1 saturated heterocycles. The molecular weight excluding hydrogens is 517 g/mol. The number of ether oxygens (including phenoxy) is 1. The Morgan fingerprint density at radius 3 is 2.72 bits per heavy atom. The highest BCUT2D eigenvalue weighted by Gasteiger charge is 2.23. The van der Waals surface area contributed by atoms with Crippen LogP contribution in [0.3, 0.4) is 0 Å². The number of hydrogen-bond donors (Lipinski definition) is 3. The predicted octanol–water partition coefficient (Wildman–Crippen LogP) is 3.78. The van der Waals surface area contributed by atoms with Gasteiger partial charge in [-0.25, -0.2) is 4.99 Å². The SMILES string of the molecule is CCNC(=NCCOc1cccc(NC(C)=O)c1)NC1CCN(c2ccc(C)cc2)C1.I. The van der Waals surface area contributed by atoms with Crippen molar-refractivity contribution in [2.24, 2.45) is 4.99 Å². The van der Waals surface area contributed by atoms with Crippen LogP contribution >= 0.6 is 24.0 Å². The average molecular weight is 551 g/mol. The minimum absolute atomic E-state index is 0. The molecule has 174 valence electrons. The lowest BCUT2D eigenvalue weighted by atomic mass is 10.2. The molecule has 0 aromatic heterocycles. The van der Waals surface area contributed by atoms with E-state index in [0.717, 1.165) is 37.7 Å². The molecule has 1 amide bonds. The second-order valence-corrected chi connectivity index (χ2v) is 7.73. The van der Waals surface area contributed by atoms with Crippen LogP contribution in [0.15, 0.2) is 53.5 Å². The summed E-state index contributed by atoms with van der Waals surface area (Å²) in [4.78, 5) is 18.3. The molecule has 7 nitrogen and oxygen atoms in total.